The second-order valence-corrected chi connectivity index (χ2v) is 5.69. The molecule has 0 spiro atoms. The van der Waals surface area contributed by atoms with Gasteiger partial charge in [0.2, 0.25) is 0 Å². The van der Waals surface area contributed by atoms with Crippen LogP contribution in [0.3, 0.4) is 0 Å². The molecule has 0 aliphatic heterocycles. The molecule has 0 bridgehead atoms. The Morgan fingerprint density at radius 1 is 1.35 bits per heavy atom. The fourth-order valence-corrected chi connectivity index (χ4v) is 2.61. The fourth-order valence-electron chi connectivity index (χ4n) is 2.61. The van der Waals surface area contributed by atoms with Crippen LogP contribution >= 0.6 is 0 Å². The van der Waals surface area contributed by atoms with Crippen LogP contribution in [-0.2, 0) is 13.6 Å². The van der Waals surface area contributed by atoms with Gasteiger partial charge in [0.1, 0.15) is 0 Å². The van der Waals surface area contributed by atoms with E-state index in [9.17, 15) is 0 Å². The van der Waals surface area contributed by atoms with Gasteiger partial charge >= 0.3 is 0 Å². The van der Waals surface area contributed by atoms with E-state index in [0.717, 1.165) is 13.1 Å². The van der Waals surface area contributed by atoms with Gasteiger partial charge in [-0.2, -0.15) is 5.10 Å². The zero-order valence-electron chi connectivity index (χ0n) is 12.8. The maximum atomic E-state index is 6.34. The maximum Gasteiger partial charge on any atom is 0.0534 e. The Morgan fingerprint density at radius 2 is 2.10 bits per heavy atom. The van der Waals surface area contributed by atoms with Gasteiger partial charge in [-0.3, -0.25) is 4.68 Å². The molecule has 1 unspecified atom stereocenters. The van der Waals surface area contributed by atoms with Crippen molar-refractivity contribution in [1.29, 1.82) is 0 Å². The molecule has 2 rings (SSSR count). The fraction of sp³-hybridized carbons (Fsp3) is 0.438. The first-order valence-electron chi connectivity index (χ1n) is 6.94. The average Bonchev–Trinajstić information content (AvgIpc) is 2.74. The number of likely N-dealkylation sites (N-methyl/N-ethyl adjacent to an activating group) is 1. The van der Waals surface area contributed by atoms with Crippen molar-refractivity contribution >= 4 is 0 Å². The molecule has 1 aromatic heterocycles. The first-order valence-corrected chi connectivity index (χ1v) is 6.94. The quantitative estimate of drug-likeness (QED) is 0.907. The summed E-state index contributed by atoms with van der Waals surface area (Å²) in [5.74, 6) is 0. The summed E-state index contributed by atoms with van der Waals surface area (Å²) in [6.45, 7) is 5.94. The topological polar surface area (TPSA) is 47.1 Å². The van der Waals surface area contributed by atoms with Gasteiger partial charge in [-0.25, -0.2) is 0 Å². The van der Waals surface area contributed by atoms with E-state index in [1.807, 2.05) is 24.1 Å². The van der Waals surface area contributed by atoms with Gasteiger partial charge in [0, 0.05) is 37.9 Å². The second kappa shape index (κ2) is 6.20. The van der Waals surface area contributed by atoms with Gasteiger partial charge in [-0.15, -0.1) is 0 Å². The van der Waals surface area contributed by atoms with E-state index in [-0.39, 0.29) is 6.04 Å². The monoisotopic (exact) mass is 272 g/mol. The molecule has 1 heterocycles. The Hall–Kier alpha value is -1.65. The van der Waals surface area contributed by atoms with Crippen molar-refractivity contribution < 1.29 is 0 Å². The van der Waals surface area contributed by atoms with Crippen molar-refractivity contribution in [2.75, 3.05) is 13.6 Å². The second-order valence-electron chi connectivity index (χ2n) is 5.69. The molecule has 2 N–H and O–H groups in total. The van der Waals surface area contributed by atoms with Gasteiger partial charge in [0.15, 0.2) is 0 Å². The molecule has 0 saturated carbocycles. The third-order valence-corrected chi connectivity index (χ3v) is 3.54. The van der Waals surface area contributed by atoms with Gasteiger partial charge in [0.25, 0.3) is 0 Å². The van der Waals surface area contributed by atoms with Crippen molar-refractivity contribution in [3.8, 4) is 0 Å². The minimum absolute atomic E-state index is 0.0391. The SMILES string of the molecule is Cc1ccc(C(N)CN(C)Cc2cnn(C)c2)c(C)c1. The van der Waals surface area contributed by atoms with Crippen LogP contribution in [0.25, 0.3) is 0 Å². The molecule has 20 heavy (non-hydrogen) atoms. The first kappa shape index (κ1) is 14.8. The van der Waals surface area contributed by atoms with Crippen LogP contribution in [0.2, 0.25) is 0 Å². The number of rotatable bonds is 5. The van der Waals surface area contributed by atoms with Crippen LogP contribution in [0.4, 0.5) is 0 Å². The Bertz CT molecular complexity index is 574. The number of nitrogens with zero attached hydrogens (tertiary/aromatic N) is 3. The molecule has 4 heteroatoms. The summed E-state index contributed by atoms with van der Waals surface area (Å²) in [6.07, 6.45) is 3.94. The van der Waals surface area contributed by atoms with E-state index in [1.54, 1.807) is 0 Å². The highest BCUT2D eigenvalue weighted by Crippen LogP contribution is 2.18. The zero-order chi connectivity index (χ0) is 14.7. The number of hydrogen-bond acceptors (Lipinski definition) is 3. The molecule has 4 nitrogen and oxygen atoms in total. The number of benzene rings is 1. The van der Waals surface area contributed by atoms with Crippen LogP contribution in [0, 0.1) is 13.8 Å². The summed E-state index contributed by atoms with van der Waals surface area (Å²) in [7, 11) is 4.03. The molecule has 0 saturated heterocycles. The smallest absolute Gasteiger partial charge is 0.0534 e. The van der Waals surface area contributed by atoms with E-state index in [1.165, 1.54) is 22.3 Å². The predicted molar refractivity (Wildman–Crippen MR) is 82.4 cm³/mol. The van der Waals surface area contributed by atoms with E-state index >= 15 is 0 Å². The highest BCUT2D eigenvalue weighted by molar-refractivity contribution is 5.32. The molecular formula is C16H24N4. The highest BCUT2D eigenvalue weighted by atomic mass is 15.2. The molecule has 1 aromatic carbocycles. The lowest BCUT2D eigenvalue weighted by molar-refractivity contribution is 0.305. The van der Waals surface area contributed by atoms with Crippen molar-refractivity contribution in [1.82, 2.24) is 14.7 Å². The normalized spacial score (nSPS) is 12.9. The summed E-state index contributed by atoms with van der Waals surface area (Å²) in [6, 6.07) is 6.50. The molecule has 0 amide bonds. The van der Waals surface area contributed by atoms with Gasteiger partial charge in [0.05, 0.1) is 6.20 Å². The number of aromatic nitrogens is 2. The Labute approximate surface area is 121 Å². The zero-order valence-corrected chi connectivity index (χ0v) is 12.8. The summed E-state index contributed by atoms with van der Waals surface area (Å²) >= 11 is 0. The number of aryl methyl sites for hydroxylation is 3. The molecule has 1 atom stereocenters. The minimum Gasteiger partial charge on any atom is -0.323 e. The molecular weight excluding hydrogens is 248 g/mol. The predicted octanol–water partition coefficient (Wildman–Crippen LogP) is 2.17. The summed E-state index contributed by atoms with van der Waals surface area (Å²) in [4.78, 5) is 2.24. The van der Waals surface area contributed by atoms with E-state index in [2.05, 4.69) is 49.1 Å². The van der Waals surface area contributed by atoms with Gasteiger partial charge in [-0.1, -0.05) is 23.8 Å². The van der Waals surface area contributed by atoms with Crippen LogP contribution in [0.15, 0.2) is 30.6 Å². The van der Waals surface area contributed by atoms with Crippen LogP contribution < -0.4 is 5.73 Å². The molecule has 2 aromatic rings. The third kappa shape index (κ3) is 3.68. The maximum absolute atomic E-state index is 6.34. The average molecular weight is 272 g/mol. The van der Waals surface area contributed by atoms with Crippen molar-refractivity contribution in [3.05, 3.63) is 52.8 Å². The van der Waals surface area contributed by atoms with Gasteiger partial charge < -0.3 is 10.6 Å². The van der Waals surface area contributed by atoms with Crippen molar-refractivity contribution in [2.24, 2.45) is 12.8 Å². The third-order valence-electron chi connectivity index (χ3n) is 3.54. The Kier molecular flexibility index (Phi) is 4.57. The molecule has 0 fully saturated rings. The molecule has 0 aliphatic rings. The standard InChI is InChI=1S/C16H24N4/c1-12-5-6-15(13(2)7-12)16(17)11-19(3)9-14-8-18-20(4)10-14/h5-8,10,16H,9,11,17H2,1-4H3. The van der Waals surface area contributed by atoms with Crippen LogP contribution in [-0.4, -0.2) is 28.3 Å². The van der Waals surface area contributed by atoms with Gasteiger partial charge in [-0.05, 0) is 32.0 Å². The lowest BCUT2D eigenvalue weighted by Gasteiger charge is -2.22. The molecule has 0 radical (unpaired) electrons. The summed E-state index contributed by atoms with van der Waals surface area (Å²) in [5, 5.41) is 4.19. The summed E-state index contributed by atoms with van der Waals surface area (Å²) < 4.78 is 1.83. The Balaban J connectivity index is 1.98. The minimum atomic E-state index is 0.0391. The lowest BCUT2D eigenvalue weighted by Crippen LogP contribution is -2.29. The Morgan fingerprint density at radius 3 is 2.70 bits per heavy atom. The van der Waals surface area contributed by atoms with Crippen LogP contribution in [0.1, 0.15) is 28.3 Å². The molecule has 108 valence electrons. The first-order chi connectivity index (χ1) is 9.45. The molecule has 0 aliphatic carbocycles. The van der Waals surface area contributed by atoms with Crippen LogP contribution in [0.5, 0.6) is 0 Å². The van der Waals surface area contributed by atoms with E-state index in [4.69, 9.17) is 5.73 Å². The lowest BCUT2D eigenvalue weighted by atomic mass is 9.99. The summed E-state index contributed by atoms with van der Waals surface area (Å²) in [5.41, 5.74) is 11.3. The number of nitrogens with two attached hydrogens (primary N) is 1. The number of hydrogen-bond donors (Lipinski definition) is 1. The highest BCUT2D eigenvalue weighted by Gasteiger charge is 2.12. The van der Waals surface area contributed by atoms with Crippen molar-refractivity contribution in [2.45, 2.75) is 26.4 Å². The largest absolute Gasteiger partial charge is 0.323 e. The van der Waals surface area contributed by atoms with E-state index < -0.39 is 0 Å². The van der Waals surface area contributed by atoms with Crippen molar-refractivity contribution in [3.63, 3.8) is 0 Å². The van der Waals surface area contributed by atoms with E-state index in [0.29, 0.717) is 0 Å².